The van der Waals surface area contributed by atoms with E-state index in [1.807, 2.05) is 18.2 Å². The third-order valence-corrected chi connectivity index (χ3v) is 4.61. The van der Waals surface area contributed by atoms with Crippen molar-refractivity contribution in [3.05, 3.63) is 35.4 Å². The van der Waals surface area contributed by atoms with E-state index in [-0.39, 0.29) is 17.9 Å². The van der Waals surface area contributed by atoms with Crippen molar-refractivity contribution in [3.63, 3.8) is 0 Å². The Hall–Kier alpha value is -1.88. The molecule has 0 radical (unpaired) electrons. The first-order valence-electron chi connectivity index (χ1n) is 7.95. The van der Waals surface area contributed by atoms with Crippen LogP contribution in [-0.4, -0.2) is 30.6 Å². The first-order valence-corrected chi connectivity index (χ1v) is 7.95. The first kappa shape index (κ1) is 15.0. The van der Waals surface area contributed by atoms with Gasteiger partial charge in [-0.05, 0) is 43.2 Å². The van der Waals surface area contributed by atoms with E-state index in [0.717, 1.165) is 31.2 Å². The number of hydrogen-bond donors (Lipinski definition) is 2. The third-order valence-electron chi connectivity index (χ3n) is 4.61. The number of carbonyl (C=O) groups excluding carboxylic acids is 2. The molecular weight excluding hydrogens is 280 g/mol. The van der Waals surface area contributed by atoms with E-state index in [9.17, 15) is 9.59 Å². The summed E-state index contributed by atoms with van der Waals surface area (Å²) in [4.78, 5) is 23.6. The molecule has 0 saturated carbocycles. The Kier molecular flexibility index (Phi) is 4.43. The number of nitrogens with one attached hydrogen (secondary N) is 1. The molecule has 3 N–H and O–H groups in total. The fraction of sp³-hybridized carbons (Fsp3) is 0.529. The lowest BCUT2D eigenvalue weighted by atomic mass is 9.82. The summed E-state index contributed by atoms with van der Waals surface area (Å²) in [7, 11) is 0. The zero-order chi connectivity index (χ0) is 15.5. The van der Waals surface area contributed by atoms with Crippen LogP contribution in [0.3, 0.4) is 0 Å². The zero-order valence-electron chi connectivity index (χ0n) is 12.6. The lowest BCUT2D eigenvalue weighted by Crippen LogP contribution is -2.37. The van der Waals surface area contributed by atoms with Crippen LogP contribution in [0.2, 0.25) is 0 Å². The van der Waals surface area contributed by atoms with Gasteiger partial charge in [-0.2, -0.15) is 0 Å². The van der Waals surface area contributed by atoms with Crippen LogP contribution in [0.1, 0.15) is 42.7 Å². The molecule has 2 aliphatic rings. The monoisotopic (exact) mass is 302 g/mol. The van der Waals surface area contributed by atoms with Crippen LogP contribution in [0.4, 0.5) is 0 Å². The summed E-state index contributed by atoms with van der Waals surface area (Å²) >= 11 is 0. The highest BCUT2D eigenvalue weighted by Crippen LogP contribution is 2.31. The first-order chi connectivity index (χ1) is 10.6. The minimum Gasteiger partial charge on any atom is -0.367 e. The van der Waals surface area contributed by atoms with Crippen LogP contribution in [-0.2, 0) is 20.7 Å². The highest BCUT2D eigenvalue weighted by molar-refractivity contribution is 5.84. The van der Waals surface area contributed by atoms with Gasteiger partial charge in [-0.1, -0.05) is 24.3 Å². The van der Waals surface area contributed by atoms with Gasteiger partial charge in [0.25, 0.3) is 0 Å². The molecule has 0 aromatic heterocycles. The van der Waals surface area contributed by atoms with Crippen molar-refractivity contribution in [2.45, 2.75) is 50.2 Å². The van der Waals surface area contributed by atoms with Crippen molar-refractivity contribution in [1.29, 1.82) is 0 Å². The maximum absolute atomic E-state index is 12.5. The van der Waals surface area contributed by atoms with E-state index in [1.165, 1.54) is 5.56 Å². The van der Waals surface area contributed by atoms with Gasteiger partial charge >= 0.3 is 0 Å². The van der Waals surface area contributed by atoms with E-state index in [1.54, 1.807) is 0 Å². The molecule has 3 rings (SSSR count). The van der Waals surface area contributed by atoms with E-state index in [0.29, 0.717) is 13.0 Å². The molecule has 1 aliphatic carbocycles. The van der Waals surface area contributed by atoms with Crippen LogP contribution in [0.5, 0.6) is 0 Å². The number of amides is 2. The predicted octanol–water partition coefficient (Wildman–Crippen LogP) is 1.26. The molecule has 22 heavy (non-hydrogen) atoms. The van der Waals surface area contributed by atoms with Gasteiger partial charge in [-0.3, -0.25) is 9.59 Å². The van der Waals surface area contributed by atoms with Crippen molar-refractivity contribution < 1.29 is 14.3 Å². The van der Waals surface area contributed by atoms with Gasteiger partial charge < -0.3 is 15.8 Å². The van der Waals surface area contributed by atoms with Gasteiger partial charge in [-0.25, -0.2) is 0 Å². The van der Waals surface area contributed by atoms with E-state index in [4.69, 9.17) is 10.5 Å². The lowest BCUT2D eigenvalue weighted by Gasteiger charge is -2.25. The highest BCUT2D eigenvalue weighted by Gasteiger charge is 2.31. The Morgan fingerprint density at radius 1 is 1.23 bits per heavy atom. The van der Waals surface area contributed by atoms with Crippen LogP contribution in [0, 0.1) is 0 Å². The number of benzene rings is 1. The van der Waals surface area contributed by atoms with E-state index in [2.05, 4.69) is 11.4 Å². The second-order valence-electron chi connectivity index (χ2n) is 6.12. The van der Waals surface area contributed by atoms with E-state index >= 15 is 0 Å². The maximum Gasteiger partial charge on any atom is 0.246 e. The van der Waals surface area contributed by atoms with Gasteiger partial charge in [0.1, 0.15) is 6.10 Å². The summed E-state index contributed by atoms with van der Waals surface area (Å²) in [6.45, 7) is 0.446. The summed E-state index contributed by atoms with van der Waals surface area (Å²) in [6.07, 6.45) is 3.76. The lowest BCUT2D eigenvalue weighted by molar-refractivity contribution is -0.129. The second kappa shape index (κ2) is 6.48. The quantitative estimate of drug-likeness (QED) is 0.878. The largest absolute Gasteiger partial charge is 0.367 e. The minimum absolute atomic E-state index is 0.0540. The Labute approximate surface area is 130 Å². The number of hydrogen-bond acceptors (Lipinski definition) is 3. The summed E-state index contributed by atoms with van der Waals surface area (Å²) in [5.74, 6) is -0.438. The van der Waals surface area contributed by atoms with Gasteiger partial charge in [0.15, 0.2) is 0 Å². The summed E-state index contributed by atoms with van der Waals surface area (Å²) in [5.41, 5.74) is 7.66. The molecule has 3 atom stereocenters. The highest BCUT2D eigenvalue weighted by atomic mass is 16.5. The van der Waals surface area contributed by atoms with Crippen molar-refractivity contribution in [2.75, 3.05) is 6.54 Å². The SMILES string of the molecule is NC(=O)[C@@H]1CC[C@H](CNC(=O)[C@@H]2CCCc3ccccc32)O1. The van der Waals surface area contributed by atoms with Crippen LogP contribution >= 0.6 is 0 Å². The molecule has 2 amide bonds. The van der Waals surface area contributed by atoms with Crippen molar-refractivity contribution in [3.8, 4) is 0 Å². The molecule has 0 unspecified atom stereocenters. The fourth-order valence-electron chi connectivity index (χ4n) is 3.43. The molecule has 1 aromatic carbocycles. The number of primary amides is 1. The molecule has 118 valence electrons. The number of fused-ring (bicyclic) bond motifs is 1. The average molecular weight is 302 g/mol. The number of ether oxygens (including phenoxy) is 1. The average Bonchev–Trinajstić information content (AvgIpc) is 3.01. The Morgan fingerprint density at radius 2 is 2.05 bits per heavy atom. The fourth-order valence-corrected chi connectivity index (χ4v) is 3.43. The van der Waals surface area contributed by atoms with Crippen LogP contribution < -0.4 is 11.1 Å². The number of carbonyl (C=O) groups is 2. The van der Waals surface area contributed by atoms with E-state index < -0.39 is 12.0 Å². The van der Waals surface area contributed by atoms with Crippen molar-refractivity contribution >= 4 is 11.8 Å². The van der Waals surface area contributed by atoms with Gasteiger partial charge in [0.2, 0.25) is 11.8 Å². The number of aryl methyl sites for hydroxylation is 1. The molecule has 0 bridgehead atoms. The molecule has 1 aliphatic heterocycles. The van der Waals surface area contributed by atoms with Crippen molar-refractivity contribution in [1.82, 2.24) is 5.32 Å². The topological polar surface area (TPSA) is 81.4 Å². The molecule has 5 nitrogen and oxygen atoms in total. The Balaban J connectivity index is 1.56. The Bertz CT molecular complexity index is 573. The number of rotatable bonds is 4. The van der Waals surface area contributed by atoms with Crippen LogP contribution in [0.15, 0.2) is 24.3 Å². The molecule has 5 heteroatoms. The van der Waals surface area contributed by atoms with Gasteiger partial charge in [0, 0.05) is 6.54 Å². The normalized spacial score (nSPS) is 27.2. The van der Waals surface area contributed by atoms with Gasteiger partial charge in [0.05, 0.1) is 12.0 Å². The maximum atomic E-state index is 12.5. The third kappa shape index (κ3) is 3.14. The molecular formula is C17H22N2O3. The summed E-state index contributed by atoms with van der Waals surface area (Å²) < 4.78 is 5.54. The standard InChI is InChI=1S/C17H22N2O3/c18-16(20)15-9-8-12(22-15)10-19-17(21)14-7-3-5-11-4-1-2-6-13(11)14/h1-2,4,6,12,14-15H,3,5,7-10H2,(H2,18,20)(H,19,21)/t12-,14-,15+/m1/s1. The predicted molar refractivity (Wildman–Crippen MR) is 82.2 cm³/mol. The summed E-state index contributed by atoms with van der Waals surface area (Å²) in [5, 5.41) is 2.98. The molecule has 1 heterocycles. The van der Waals surface area contributed by atoms with Crippen molar-refractivity contribution in [2.24, 2.45) is 5.73 Å². The second-order valence-corrected chi connectivity index (χ2v) is 6.12. The van der Waals surface area contributed by atoms with Crippen LogP contribution in [0.25, 0.3) is 0 Å². The molecule has 0 spiro atoms. The smallest absolute Gasteiger partial charge is 0.246 e. The minimum atomic E-state index is -0.502. The number of nitrogens with two attached hydrogens (primary N) is 1. The molecule has 1 fully saturated rings. The van der Waals surface area contributed by atoms with Gasteiger partial charge in [-0.15, -0.1) is 0 Å². The molecule has 1 aromatic rings. The molecule has 1 saturated heterocycles. The Morgan fingerprint density at radius 3 is 2.82 bits per heavy atom. The summed E-state index contributed by atoms with van der Waals surface area (Å²) in [6, 6.07) is 8.16. The zero-order valence-corrected chi connectivity index (χ0v) is 12.6.